The Bertz CT molecular complexity index is 565. The summed E-state index contributed by atoms with van der Waals surface area (Å²) in [5, 5.41) is 0. The number of rotatable bonds is 13. The van der Waals surface area contributed by atoms with E-state index in [0.717, 1.165) is 23.1 Å². The lowest BCUT2D eigenvalue weighted by Gasteiger charge is -2.04. The zero-order valence-corrected chi connectivity index (χ0v) is 15.5. The predicted molar refractivity (Wildman–Crippen MR) is 104 cm³/mol. The van der Waals surface area contributed by atoms with E-state index in [4.69, 9.17) is 4.98 Å². The molecule has 132 valence electrons. The number of benzene rings is 1. The maximum atomic E-state index is 4.70. The van der Waals surface area contributed by atoms with Crippen LogP contribution in [0.2, 0.25) is 0 Å². The molecule has 0 aliphatic carbocycles. The van der Waals surface area contributed by atoms with Crippen molar-refractivity contribution >= 4 is 11.0 Å². The molecule has 1 heterocycles. The van der Waals surface area contributed by atoms with Crippen molar-refractivity contribution < 1.29 is 0 Å². The number of para-hydroxylation sites is 2. The predicted octanol–water partition coefficient (Wildman–Crippen LogP) is 6.87. The fourth-order valence-corrected chi connectivity index (χ4v) is 3.26. The van der Waals surface area contributed by atoms with Gasteiger partial charge in [0, 0.05) is 6.20 Å². The third kappa shape index (κ3) is 7.42. The third-order valence-corrected chi connectivity index (χ3v) is 4.78. The molecule has 0 aliphatic rings. The number of aryl methyl sites for hydroxylation is 1. The van der Waals surface area contributed by atoms with Crippen LogP contribution in [-0.4, -0.2) is 9.97 Å². The topological polar surface area (TPSA) is 25.8 Å². The summed E-state index contributed by atoms with van der Waals surface area (Å²) in [6.07, 6.45) is 19.7. The summed E-state index contributed by atoms with van der Waals surface area (Å²) in [7, 11) is 0. The molecule has 0 fully saturated rings. The third-order valence-electron chi connectivity index (χ3n) is 4.78. The zero-order valence-electron chi connectivity index (χ0n) is 15.5. The van der Waals surface area contributed by atoms with Crippen LogP contribution in [0, 0.1) is 0 Å². The lowest BCUT2D eigenvalue weighted by atomic mass is 10.0. The average Bonchev–Trinajstić information content (AvgIpc) is 2.62. The molecule has 2 heteroatoms. The summed E-state index contributed by atoms with van der Waals surface area (Å²) in [4.78, 5) is 9.20. The van der Waals surface area contributed by atoms with E-state index in [9.17, 15) is 0 Å². The van der Waals surface area contributed by atoms with Crippen molar-refractivity contribution in [3.63, 3.8) is 0 Å². The largest absolute Gasteiger partial charge is 0.253 e. The van der Waals surface area contributed by atoms with Crippen molar-refractivity contribution in [3.8, 4) is 0 Å². The van der Waals surface area contributed by atoms with Gasteiger partial charge in [-0.1, -0.05) is 89.7 Å². The molecule has 1 aromatic carbocycles. The molecule has 0 unspecified atom stereocenters. The van der Waals surface area contributed by atoms with Gasteiger partial charge in [-0.25, -0.2) is 4.98 Å². The number of hydrogen-bond acceptors (Lipinski definition) is 2. The Morgan fingerprint density at radius 1 is 0.667 bits per heavy atom. The molecule has 0 radical (unpaired) electrons. The second-order valence-electron chi connectivity index (χ2n) is 6.99. The number of unbranched alkanes of at least 4 members (excludes halogenated alkanes) is 11. The molecular weight excluding hydrogens is 292 g/mol. The van der Waals surface area contributed by atoms with Crippen LogP contribution >= 0.6 is 0 Å². The minimum Gasteiger partial charge on any atom is -0.253 e. The Balaban J connectivity index is 1.46. The fraction of sp³-hybridized carbons (Fsp3) is 0.636. The first kappa shape index (κ1) is 18.9. The highest BCUT2D eigenvalue weighted by molar-refractivity contribution is 5.73. The normalized spacial score (nSPS) is 11.2. The molecule has 2 aromatic rings. The molecule has 2 nitrogen and oxygen atoms in total. The lowest BCUT2D eigenvalue weighted by Crippen LogP contribution is -1.93. The molecule has 1 aromatic heterocycles. The van der Waals surface area contributed by atoms with Crippen LogP contribution in [-0.2, 0) is 6.42 Å². The van der Waals surface area contributed by atoms with E-state index in [1.165, 1.54) is 77.0 Å². The van der Waals surface area contributed by atoms with Crippen LogP contribution in [0.25, 0.3) is 11.0 Å². The first-order valence-corrected chi connectivity index (χ1v) is 10.1. The van der Waals surface area contributed by atoms with Gasteiger partial charge in [0.05, 0.1) is 16.7 Å². The fourth-order valence-electron chi connectivity index (χ4n) is 3.26. The molecule has 2 rings (SSSR count). The first-order chi connectivity index (χ1) is 11.9. The maximum Gasteiger partial charge on any atom is 0.0890 e. The Labute approximate surface area is 148 Å². The highest BCUT2D eigenvalue weighted by atomic mass is 14.8. The molecule has 0 aliphatic heterocycles. The Morgan fingerprint density at radius 2 is 1.21 bits per heavy atom. The average molecular weight is 327 g/mol. The van der Waals surface area contributed by atoms with Gasteiger partial charge in [-0.3, -0.25) is 4.98 Å². The standard InChI is InChI=1S/C22H34N2/c1-2-3-4-5-6-7-8-9-10-11-12-13-16-20-19-23-21-17-14-15-18-22(21)24-20/h14-15,17-19H,2-13,16H2,1H3. The highest BCUT2D eigenvalue weighted by Crippen LogP contribution is 2.14. The first-order valence-electron chi connectivity index (χ1n) is 10.1. The molecule has 0 saturated carbocycles. The maximum absolute atomic E-state index is 4.70. The van der Waals surface area contributed by atoms with E-state index in [1.54, 1.807) is 0 Å². The van der Waals surface area contributed by atoms with Crippen molar-refractivity contribution in [2.75, 3.05) is 0 Å². The number of fused-ring (bicyclic) bond motifs is 1. The molecule has 0 amide bonds. The SMILES string of the molecule is CCCCCCCCCCCCCCc1cnc2ccccc2n1. The van der Waals surface area contributed by atoms with Gasteiger partial charge in [0.2, 0.25) is 0 Å². The van der Waals surface area contributed by atoms with Gasteiger partial charge >= 0.3 is 0 Å². The number of hydrogen-bond donors (Lipinski definition) is 0. The molecule has 24 heavy (non-hydrogen) atoms. The molecule has 0 spiro atoms. The summed E-state index contributed by atoms with van der Waals surface area (Å²) >= 11 is 0. The van der Waals surface area contributed by atoms with E-state index >= 15 is 0 Å². The Hall–Kier alpha value is -1.44. The lowest BCUT2D eigenvalue weighted by molar-refractivity contribution is 0.543. The van der Waals surface area contributed by atoms with E-state index in [2.05, 4.69) is 11.9 Å². The van der Waals surface area contributed by atoms with Gasteiger partial charge in [0.15, 0.2) is 0 Å². The van der Waals surface area contributed by atoms with Gasteiger partial charge in [-0.05, 0) is 25.0 Å². The van der Waals surface area contributed by atoms with Crippen LogP contribution in [0.5, 0.6) is 0 Å². The van der Waals surface area contributed by atoms with Crippen LogP contribution < -0.4 is 0 Å². The molecule has 0 bridgehead atoms. The van der Waals surface area contributed by atoms with Crippen LogP contribution in [0.1, 0.15) is 89.7 Å². The summed E-state index contributed by atoms with van der Waals surface area (Å²) in [5.41, 5.74) is 3.16. The zero-order chi connectivity index (χ0) is 16.9. The van der Waals surface area contributed by atoms with Gasteiger partial charge in [-0.2, -0.15) is 0 Å². The monoisotopic (exact) mass is 326 g/mol. The summed E-state index contributed by atoms with van der Waals surface area (Å²) < 4.78 is 0. The van der Waals surface area contributed by atoms with Crippen LogP contribution in [0.4, 0.5) is 0 Å². The quantitative estimate of drug-likeness (QED) is 0.375. The van der Waals surface area contributed by atoms with Crippen molar-refractivity contribution in [2.24, 2.45) is 0 Å². The second kappa shape index (κ2) is 12.0. The van der Waals surface area contributed by atoms with E-state index in [-0.39, 0.29) is 0 Å². The second-order valence-corrected chi connectivity index (χ2v) is 6.99. The van der Waals surface area contributed by atoms with Crippen LogP contribution in [0.3, 0.4) is 0 Å². The molecule has 0 atom stereocenters. The summed E-state index contributed by atoms with van der Waals surface area (Å²) in [6.45, 7) is 2.28. The van der Waals surface area contributed by atoms with Crippen molar-refractivity contribution in [1.82, 2.24) is 9.97 Å². The van der Waals surface area contributed by atoms with Crippen molar-refractivity contribution in [2.45, 2.75) is 90.4 Å². The Morgan fingerprint density at radius 3 is 1.83 bits per heavy atom. The minimum atomic E-state index is 0.996. The molecule has 0 saturated heterocycles. The van der Waals surface area contributed by atoms with Crippen molar-refractivity contribution in [1.29, 1.82) is 0 Å². The van der Waals surface area contributed by atoms with Gasteiger partial charge < -0.3 is 0 Å². The van der Waals surface area contributed by atoms with E-state index < -0.39 is 0 Å². The van der Waals surface area contributed by atoms with Crippen LogP contribution in [0.15, 0.2) is 30.5 Å². The van der Waals surface area contributed by atoms with E-state index in [0.29, 0.717) is 0 Å². The number of nitrogens with zero attached hydrogens (tertiary/aromatic N) is 2. The van der Waals surface area contributed by atoms with Gasteiger partial charge in [0.1, 0.15) is 0 Å². The van der Waals surface area contributed by atoms with Crippen molar-refractivity contribution in [3.05, 3.63) is 36.2 Å². The molecular formula is C22H34N2. The highest BCUT2D eigenvalue weighted by Gasteiger charge is 1.99. The Kier molecular flexibility index (Phi) is 9.45. The summed E-state index contributed by atoms with van der Waals surface area (Å²) in [6, 6.07) is 8.12. The smallest absolute Gasteiger partial charge is 0.0890 e. The van der Waals surface area contributed by atoms with Gasteiger partial charge in [-0.15, -0.1) is 0 Å². The summed E-state index contributed by atoms with van der Waals surface area (Å²) in [5.74, 6) is 0. The van der Waals surface area contributed by atoms with Gasteiger partial charge in [0.25, 0.3) is 0 Å². The number of aromatic nitrogens is 2. The van der Waals surface area contributed by atoms with E-state index in [1.807, 2.05) is 30.5 Å². The minimum absolute atomic E-state index is 0.996. The molecule has 0 N–H and O–H groups in total.